The summed E-state index contributed by atoms with van der Waals surface area (Å²) in [7, 11) is 1.60. The molecule has 1 unspecified atom stereocenters. The zero-order valence-corrected chi connectivity index (χ0v) is 9.56. The number of nitrogens with two attached hydrogens (primary N) is 1. The van der Waals surface area contributed by atoms with Crippen molar-refractivity contribution in [3.05, 3.63) is 0 Å². The van der Waals surface area contributed by atoms with Gasteiger partial charge >= 0.3 is 11.8 Å². The lowest BCUT2D eigenvalue weighted by molar-refractivity contribution is -0.146. The standard InChI is InChI=1S/C8H17N3O2S/c1-6(4-5-14-3)11(2)8(13)7(12)10-9/h6H,4-5,9H2,1-3H3,(H,10,12). The van der Waals surface area contributed by atoms with E-state index >= 15 is 0 Å². The van der Waals surface area contributed by atoms with Crippen molar-refractivity contribution in [1.82, 2.24) is 10.3 Å². The number of nitrogens with one attached hydrogen (secondary N) is 1. The van der Waals surface area contributed by atoms with E-state index in [0.717, 1.165) is 12.2 Å². The number of carbonyl (C=O) groups is 2. The first kappa shape index (κ1) is 13.2. The summed E-state index contributed by atoms with van der Waals surface area (Å²) in [6, 6.07) is 0.0484. The van der Waals surface area contributed by atoms with Gasteiger partial charge in [-0.1, -0.05) is 0 Å². The van der Waals surface area contributed by atoms with Gasteiger partial charge in [0.25, 0.3) is 0 Å². The number of carbonyl (C=O) groups excluding carboxylic acids is 2. The smallest absolute Gasteiger partial charge is 0.323 e. The summed E-state index contributed by atoms with van der Waals surface area (Å²) in [4.78, 5) is 23.6. The molecule has 0 aromatic carbocycles. The maximum atomic E-state index is 11.3. The second kappa shape index (κ2) is 6.67. The summed E-state index contributed by atoms with van der Waals surface area (Å²) in [5.41, 5.74) is 1.82. The lowest BCUT2D eigenvalue weighted by Gasteiger charge is -2.23. The minimum atomic E-state index is -0.775. The van der Waals surface area contributed by atoms with Crippen molar-refractivity contribution in [3.8, 4) is 0 Å². The fourth-order valence-corrected chi connectivity index (χ4v) is 1.48. The van der Waals surface area contributed by atoms with E-state index in [1.54, 1.807) is 18.8 Å². The van der Waals surface area contributed by atoms with Gasteiger partial charge in [-0.15, -0.1) is 0 Å². The largest absolute Gasteiger partial charge is 0.335 e. The van der Waals surface area contributed by atoms with Crippen molar-refractivity contribution in [2.75, 3.05) is 19.1 Å². The average molecular weight is 219 g/mol. The number of amides is 2. The van der Waals surface area contributed by atoms with Crippen LogP contribution in [-0.2, 0) is 9.59 Å². The van der Waals surface area contributed by atoms with Gasteiger partial charge in [-0.25, -0.2) is 5.84 Å². The highest BCUT2D eigenvalue weighted by Gasteiger charge is 2.21. The molecule has 0 rings (SSSR count). The Balaban J connectivity index is 4.10. The molecule has 0 fully saturated rings. The summed E-state index contributed by atoms with van der Waals surface area (Å²) in [5.74, 6) is 4.45. The van der Waals surface area contributed by atoms with Crippen molar-refractivity contribution in [2.45, 2.75) is 19.4 Å². The summed E-state index contributed by atoms with van der Waals surface area (Å²) >= 11 is 1.71. The quantitative estimate of drug-likeness (QED) is 0.291. The molecule has 0 bridgehead atoms. The van der Waals surface area contributed by atoms with Gasteiger partial charge in [-0.05, 0) is 25.4 Å². The number of hydrazine groups is 1. The second-order valence-electron chi connectivity index (χ2n) is 3.02. The van der Waals surface area contributed by atoms with Gasteiger partial charge in [-0.3, -0.25) is 15.0 Å². The minimum absolute atomic E-state index is 0.0484. The van der Waals surface area contributed by atoms with Crippen molar-refractivity contribution < 1.29 is 9.59 Å². The predicted molar refractivity (Wildman–Crippen MR) is 57.6 cm³/mol. The summed E-state index contributed by atoms with van der Waals surface area (Å²) in [6.45, 7) is 1.90. The summed E-state index contributed by atoms with van der Waals surface area (Å²) < 4.78 is 0. The van der Waals surface area contributed by atoms with Gasteiger partial charge in [0.1, 0.15) is 0 Å². The van der Waals surface area contributed by atoms with Gasteiger partial charge in [0.15, 0.2) is 0 Å². The molecular formula is C8H17N3O2S. The number of thioether (sulfide) groups is 1. The Morgan fingerprint density at radius 1 is 1.57 bits per heavy atom. The van der Waals surface area contributed by atoms with E-state index in [9.17, 15) is 9.59 Å². The third-order valence-corrected chi connectivity index (χ3v) is 2.69. The molecule has 82 valence electrons. The Hall–Kier alpha value is -0.750. The van der Waals surface area contributed by atoms with Gasteiger partial charge in [0.2, 0.25) is 0 Å². The molecule has 0 aliphatic carbocycles. The van der Waals surface area contributed by atoms with E-state index in [1.165, 1.54) is 4.90 Å². The topological polar surface area (TPSA) is 75.4 Å². The van der Waals surface area contributed by atoms with Crippen LogP contribution in [0.3, 0.4) is 0 Å². The van der Waals surface area contributed by atoms with Crippen LogP contribution >= 0.6 is 11.8 Å². The highest BCUT2D eigenvalue weighted by molar-refractivity contribution is 7.98. The lowest BCUT2D eigenvalue weighted by atomic mass is 10.2. The minimum Gasteiger partial charge on any atom is -0.335 e. The van der Waals surface area contributed by atoms with Crippen LogP contribution in [0.2, 0.25) is 0 Å². The van der Waals surface area contributed by atoms with E-state index in [2.05, 4.69) is 0 Å². The maximum absolute atomic E-state index is 11.3. The fourth-order valence-electron chi connectivity index (χ4n) is 0.904. The van der Waals surface area contributed by atoms with Gasteiger partial charge < -0.3 is 4.90 Å². The van der Waals surface area contributed by atoms with E-state index in [-0.39, 0.29) is 6.04 Å². The molecular weight excluding hydrogens is 202 g/mol. The molecule has 0 spiro atoms. The highest BCUT2D eigenvalue weighted by atomic mass is 32.2. The third kappa shape index (κ3) is 3.97. The SMILES string of the molecule is CSCCC(C)N(C)C(=O)C(=O)NN. The van der Waals surface area contributed by atoms with Crippen LogP contribution in [-0.4, -0.2) is 41.8 Å². The van der Waals surface area contributed by atoms with E-state index in [0.29, 0.717) is 0 Å². The van der Waals surface area contributed by atoms with Crippen molar-refractivity contribution in [2.24, 2.45) is 5.84 Å². The number of hydrogen-bond donors (Lipinski definition) is 2. The Labute approximate surface area is 88.4 Å². The molecule has 14 heavy (non-hydrogen) atoms. The predicted octanol–water partition coefficient (Wildman–Crippen LogP) is -0.424. The van der Waals surface area contributed by atoms with Crippen LogP contribution in [0.4, 0.5) is 0 Å². The second-order valence-corrected chi connectivity index (χ2v) is 4.01. The molecule has 0 aromatic rings. The van der Waals surface area contributed by atoms with Crippen molar-refractivity contribution in [3.63, 3.8) is 0 Å². The first-order valence-electron chi connectivity index (χ1n) is 4.31. The summed E-state index contributed by atoms with van der Waals surface area (Å²) in [6.07, 6.45) is 2.86. The van der Waals surface area contributed by atoms with Crippen LogP contribution in [0.1, 0.15) is 13.3 Å². The maximum Gasteiger partial charge on any atom is 0.323 e. The molecule has 0 aliphatic heterocycles. The fraction of sp³-hybridized carbons (Fsp3) is 0.750. The average Bonchev–Trinajstić information content (AvgIpc) is 2.22. The number of nitrogens with zero attached hydrogens (tertiary/aromatic N) is 1. The number of hydrogen-bond acceptors (Lipinski definition) is 4. The lowest BCUT2D eigenvalue weighted by Crippen LogP contribution is -2.47. The molecule has 0 saturated heterocycles. The normalized spacial score (nSPS) is 12.0. The van der Waals surface area contributed by atoms with Crippen LogP contribution < -0.4 is 11.3 Å². The third-order valence-electron chi connectivity index (χ3n) is 2.05. The Bertz CT molecular complexity index is 211. The zero-order valence-electron chi connectivity index (χ0n) is 8.74. The molecule has 6 heteroatoms. The first-order valence-corrected chi connectivity index (χ1v) is 5.70. The molecule has 0 heterocycles. The van der Waals surface area contributed by atoms with Crippen molar-refractivity contribution >= 4 is 23.6 Å². The van der Waals surface area contributed by atoms with Gasteiger partial charge in [0.05, 0.1) is 0 Å². The molecule has 5 nitrogen and oxygen atoms in total. The molecule has 0 saturated carbocycles. The zero-order chi connectivity index (χ0) is 11.1. The van der Waals surface area contributed by atoms with Crippen LogP contribution in [0.5, 0.6) is 0 Å². The Morgan fingerprint density at radius 2 is 2.14 bits per heavy atom. The van der Waals surface area contributed by atoms with Crippen LogP contribution in [0.25, 0.3) is 0 Å². The van der Waals surface area contributed by atoms with Gasteiger partial charge in [-0.2, -0.15) is 11.8 Å². The van der Waals surface area contributed by atoms with E-state index in [1.807, 2.05) is 18.6 Å². The van der Waals surface area contributed by atoms with Crippen molar-refractivity contribution in [1.29, 1.82) is 0 Å². The highest BCUT2D eigenvalue weighted by Crippen LogP contribution is 2.05. The van der Waals surface area contributed by atoms with Crippen LogP contribution in [0.15, 0.2) is 0 Å². The van der Waals surface area contributed by atoms with E-state index < -0.39 is 11.8 Å². The Morgan fingerprint density at radius 3 is 2.57 bits per heavy atom. The number of likely N-dealkylation sites (N-methyl/N-ethyl adjacent to an activating group) is 1. The van der Waals surface area contributed by atoms with Crippen LogP contribution in [0, 0.1) is 0 Å². The molecule has 3 N–H and O–H groups in total. The molecule has 0 aromatic heterocycles. The molecule has 1 atom stereocenters. The summed E-state index contributed by atoms with van der Waals surface area (Å²) in [5, 5.41) is 0. The Kier molecular flexibility index (Phi) is 6.31. The van der Waals surface area contributed by atoms with E-state index in [4.69, 9.17) is 5.84 Å². The monoisotopic (exact) mass is 219 g/mol. The first-order chi connectivity index (χ1) is 6.54. The molecule has 0 aliphatic rings. The van der Waals surface area contributed by atoms with Gasteiger partial charge in [0, 0.05) is 13.1 Å². The molecule has 0 radical (unpaired) electrons. The molecule has 2 amide bonds. The number of rotatable bonds is 4.